The van der Waals surface area contributed by atoms with Crippen molar-refractivity contribution in [2.75, 3.05) is 13.1 Å². The summed E-state index contributed by atoms with van der Waals surface area (Å²) in [7, 11) is 0. The predicted molar refractivity (Wildman–Crippen MR) is 151 cm³/mol. The van der Waals surface area contributed by atoms with Crippen LogP contribution in [-0.4, -0.2) is 45.4 Å². The van der Waals surface area contributed by atoms with Crippen LogP contribution < -0.4 is 5.32 Å². The van der Waals surface area contributed by atoms with Gasteiger partial charge in [0.1, 0.15) is 10.4 Å². The molecule has 2 aromatic carbocycles. The molecule has 0 bridgehead atoms. The fourth-order valence-electron chi connectivity index (χ4n) is 5.51. The molecular weight excluding hydrogens is 527 g/mol. The van der Waals surface area contributed by atoms with E-state index in [0.29, 0.717) is 21.5 Å². The molecule has 2 amide bonds. The number of nitrogens with zero attached hydrogens (tertiary/aromatic N) is 3. The molecule has 0 unspecified atom stereocenters. The summed E-state index contributed by atoms with van der Waals surface area (Å²) in [4.78, 5) is 36.0. The van der Waals surface area contributed by atoms with Crippen LogP contribution in [-0.2, 0) is 15.1 Å². The minimum Gasteiger partial charge on any atom is -0.348 e. The van der Waals surface area contributed by atoms with Gasteiger partial charge >= 0.3 is 0 Å². The zero-order valence-electron chi connectivity index (χ0n) is 21.5. The topological polar surface area (TPSA) is 65.0 Å². The molecule has 0 saturated carbocycles. The second kappa shape index (κ2) is 9.37. The van der Waals surface area contributed by atoms with Gasteiger partial charge in [0.25, 0.3) is 5.91 Å². The normalized spacial score (nSPS) is 24.9. The minimum absolute atomic E-state index is 0.0489. The highest BCUT2D eigenvalue weighted by molar-refractivity contribution is 8.18. The number of amidine groups is 1. The van der Waals surface area contributed by atoms with Crippen LogP contribution in [0, 0.1) is 5.92 Å². The van der Waals surface area contributed by atoms with Crippen LogP contribution in [0.2, 0.25) is 10.0 Å². The Balaban J connectivity index is 1.61. The lowest BCUT2D eigenvalue weighted by Crippen LogP contribution is -2.61. The number of halogens is 2. The molecule has 6 nitrogen and oxygen atoms in total. The van der Waals surface area contributed by atoms with Crippen molar-refractivity contribution >= 4 is 51.9 Å². The molecule has 1 saturated heterocycles. The third-order valence-electron chi connectivity index (χ3n) is 7.05. The van der Waals surface area contributed by atoms with Gasteiger partial charge in [0, 0.05) is 22.3 Å². The van der Waals surface area contributed by atoms with E-state index in [0.717, 1.165) is 22.0 Å². The Bertz CT molecular complexity index is 1320. The standard InChI is InChI=1S/C28H30Cl2N4O2S/c1-16(2)22-23(25(36)33-14-21(35)31-27(3,4)15-33)37-26-32-28(5,18-8-12-20(30)13-9-18)24(34(22)26)17-6-10-19(29)11-7-17/h6-13,16,24H,14-15H2,1-5H3,(H,31,35)/t24-,28-/m0/s1. The molecular formula is C28H30Cl2N4O2S. The van der Waals surface area contributed by atoms with E-state index in [9.17, 15) is 9.59 Å². The van der Waals surface area contributed by atoms with Crippen molar-refractivity contribution in [3.63, 3.8) is 0 Å². The summed E-state index contributed by atoms with van der Waals surface area (Å²) in [6, 6.07) is 15.4. The lowest BCUT2D eigenvalue weighted by molar-refractivity contribution is -0.138. The summed E-state index contributed by atoms with van der Waals surface area (Å²) in [6.07, 6.45) is 0. The molecule has 3 aliphatic rings. The number of rotatable bonds is 4. The van der Waals surface area contributed by atoms with E-state index in [-0.39, 0.29) is 30.3 Å². The number of carbonyl (C=O) groups excluding carboxylic acids is 2. The summed E-state index contributed by atoms with van der Waals surface area (Å²) < 4.78 is 0. The number of benzene rings is 2. The van der Waals surface area contributed by atoms with Gasteiger partial charge in [-0.05, 0) is 73.8 Å². The highest BCUT2D eigenvalue weighted by Gasteiger charge is 2.53. The van der Waals surface area contributed by atoms with Crippen molar-refractivity contribution in [2.24, 2.45) is 10.9 Å². The van der Waals surface area contributed by atoms with E-state index in [2.05, 4.69) is 31.0 Å². The number of carbonyl (C=O) groups is 2. The Morgan fingerprint density at radius 1 is 1.05 bits per heavy atom. The van der Waals surface area contributed by atoms with E-state index in [1.165, 1.54) is 11.8 Å². The van der Waals surface area contributed by atoms with Gasteiger partial charge in [0.05, 0.1) is 18.1 Å². The van der Waals surface area contributed by atoms with Crippen molar-refractivity contribution in [3.8, 4) is 0 Å². The van der Waals surface area contributed by atoms with Gasteiger partial charge in [0.2, 0.25) is 5.91 Å². The van der Waals surface area contributed by atoms with Crippen LogP contribution in [0.1, 0.15) is 51.8 Å². The number of amides is 2. The number of thioether (sulfide) groups is 1. The number of hydrogen-bond donors (Lipinski definition) is 1. The van der Waals surface area contributed by atoms with Crippen LogP contribution in [0.5, 0.6) is 0 Å². The smallest absolute Gasteiger partial charge is 0.263 e. The van der Waals surface area contributed by atoms with Gasteiger partial charge in [-0.1, -0.05) is 61.3 Å². The van der Waals surface area contributed by atoms with Crippen molar-refractivity contribution in [1.82, 2.24) is 15.1 Å². The first kappa shape index (κ1) is 26.1. The molecule has 3 aliphatic heterocycles. The monoisotopic (exact) mass is 556 g/mol. The molecule has 2 aromatic rings. The predicted octanol–water partition coefficient (Wildman–Crippen LogP) is 5.97. The SMILES string of the molecule is CC(C)C1=C(C(=O)N2CC(=O)NC(C)(C)C2)SC2=N[C@@](C)(c3ccc(Cl)cc3)[C@H](c3ccc(Cl)cc3)N21. The molecule has 9 heteroatoms. The number of allylic oxidation sites excluding steroid dienone is 1. The van der Waals surface area contributed by atoms with Crippen molar-refractivity contribution in [2.45, 2.75) is 51.7 Å². The Morgan fingerprint density at radius 3 is 2.22 bits per heavy atom. The summed E-state index contributed by atoms with van der Waals surface area (Å²) >= 11 is 13.9. The fourth-order valence-corrected chi connectivity index (χ4v) is 7.14. The van der Waals surface area contributed by atoms with E-state index in [4.69, 9.17) is 28.2 Å². The van der Waals surface area contributed by atoms with Crippen LogP contribution in [0.15, 0.2) is 64.1 Å². The number of aliphatic imine (C=N–C) groups is 1. The van der Waals surface area contributed by atoms with Crippen LogP contribution in [0.3, 0.4) is 0 Å². The van der Waals surface area contributed by atoms with Gasteiger partial charge < -0.3 is 15.1 Å². The van der Waals surface area contributed by atoms with E-state index in [1.807, 2.05) is 62.4 Å². The third-order valence-corrected chi connectivity index (χ3v) is 8.61. The van der Waals surface area contributed by atoms with Gasteiger partial charge in [-0.15, -0.1) is 0 Å². The molecule has 0 aromatic heterocycles. The summed E-state index contributed by atoms with van der Waals surface area (Å²) in [6.45, 7) is 10.7. The van der Waals surface area contributed by atoms with Gasteiger partial charge in [0.15, 0.2) is 5.17 Å². The zero-order chi connectivity index (χ0) is 26.7. The highest BCUT2D eigenvalue weighted by Crippen LogP contribution is 2.56. The lowest BCUT2D eigenvalue weighted by Gasteiger charge is -2.39. The fraction of sp³-hybridized carbons (Fsp3) is 0.393. The van der Waals surface area contributed by atoms with Gasteiger partial charge in [-0.3, -0.25) is 9.59 Å². The molecule has 1 fully saturated rings. The Kier molecular flexibility index (Phi) is 6.62. The first-order valence-corrected chi connectivity index (χ1v) is 13.9. The number of piperazine rings is 1. The molecule has 37 heavy (non-hydrogen) atoms. The molecule has 2 atom stereocenters. The molecule has 0 spiro atoms. The van der Waals surface area contributed by atoms with Crippen LogP contribution in [0.4, 0.5) is 0 Å². The molecule has 3 heterocycles. The number of nitrogens with one attached hydrogen (secondary N) is 1. The first-order valence-electron chi connectivity index (χ1n) is 12.3. The van der Waals surface area contributed by atoms with E-state index < -0.39 is 11.1 Å². The van der Waals surface area contributed by atoms with Crippen molar-refractivity contribution < 1.29 is 9.59 Å². The summed E-state index contributed by atoms with van der Waals surface area (Å²) in [5, 5.41) is 5.07. The zero-order valence-corrected chi connectivity index (χ0v) is 23.8. The van der Waals surface area contributed by atoms with Crippen LogP contribution >= 0.6 is 35.0 Å². The molecule has 194 valence electrons. The summed E-state index contributed by atoms with van der Waals surface area (Å²) in [5.41, 5.74) is 1.90. The molecule has 0 aliphatic carbocycles. The van der Waals surface area contributed by atoms with Crippen molar-refractivity contribution in [3.05, 3.63) is 80.3 Å². The van der Waals surface area contributed by atoms with Crippen LogP contribution in [0.25, 0.3) is 0 Å². The number of hydrogen-bond acceptors (Lipinski definition) is 5. The molecule has 1 N–H and O–H groups in total. The highest BCUT2D eigenvalue weighted by atomic mass is 35.5. The van der Waals surface area contributed by atoms with E-state index >= 15 is 0 Å². The average molecular weight is 558 g/mol. The maximum Gasteiger partial charge on any atom is 0.263 e. The second-order valence-electron chi connectivity index (χ2n) is 10.9. The largest absolute Gasteiger partial charge is 0.348 e. The molecule has 5 rings (SSSR count). The second-order valence-corrected chi connectivity index (χ2v) is 12.8. The Hall–Kier alpha value is -2.48. The van der Waals surface area contributed by atoms with E-state index in [1.54, 1.807) is 4.90 Å². The average Bonchev–Trinajstić information content (AvgIpc) is 3.31. The Labute approximate surface area is 232 Å². The Morgan fingerprint density at radius 2 is 1.65 bits per heavy atom. The quantitative estimate of drug-likeness (QED) is 0.503. The third kappa shape index (κ3) is 4.66. The van der Waals surface area contributed by atoms with Crippen molar-refractivity contribution in [1.29, 1.82) is 0 Å². The lowest BCUT2D eigenvalue weighted by atomic mass is 9.81. The number of fused-ring (bicyclic) bond motifs is 1. The molecule has 0 radical (unpaired) electrons. The van der Waals surface area contributed by atoms with Gasteiger partial charge in [-0.25, -0.2) is 4.99 Å². The summed E-state index contributed by atoms with van der Waals surface area (Å²) in [5.74, 6) is -0.226. The first-order chi connectivity index (χ1) is 17.4. The minimum atomic E-state index is -0.623. The van der Waals surface area contributed by atoms with Gasteiger partial charge in [-0.2, -0.15) is 0 Å². The maximum absolute atomic E-state index is 13.9. The maximum atomic E-state index is 13.9.